The van der Waals surface area contributed by atoms with Crippen LogP contribution in [0.25, 0.3) is 0 Å². The minimum absolute atomic E-state index is 0.103. The number of para-hydroxylation sites is 1. The quantitative estimate of drug-likeness (QED) is 0.373. The molecule has 0 radical (unpaired) electrons. The lowest BCUT2D eigenvalue weighted by Crippen LogP contribution is -2.16. The van der Waals surface area contributed by atoms with Crippen molar-refractivity contribution in [1.29, 1.82) is 0 Å². The van der Waals surface area contributed by atoms with Gasteiger partial charge >= 0.3 is 0 Å². The summed E-state index contributed by atoms with van der Waals surface area (Å²) in [5.41, 5.74) is 6.68. The van der Waals surface area contributed by atoms with Crippen LogP contribution < -0.4 is 0 Å². The number of rotatable bonds is 7. The van der Waals surface area contributed by atoms with Crippen LogP contribution in [0.1, 0.15) is 61.8 Å². The Balaban J connectivity index is 1.79. The molecule has 0 bridgehead atoms. The Labute approximate surface area is 191 Å². The van der Waals surface area contributed by atoms with Gasteiger partial charge in [-0.2, -0.15) is 0 Å². The lowest BCUT2D eigenvalue weighted by molar-refractivity contribution is 0.320. The lowest BCUT2D eigenvalue weighted by atomic mass is 9.92. The van der Waals surface area contributed by atoms with Crippen molar-refractivity contribution in [2.24, 2.45) is 9.98 Å². The van der Waals surface area contributed by atoms with Gasteiger partial charge in [-0.15, -0.1) is 0 Å². The van der Waals surface area contributed by atoms with E-state index in [0.29, 0.717) is 24.3 Å². The van der Waals surface area contributed by atoms with E-state index in [9.17, 15) is 0 Å². The molecule has 1 atom stereocenters. The van der Waals surface area contributed by atoms with Gasteiger partial charge in [0.15, 0.2) is 0 Å². The molecule has 0 spiro atoms. The third-order valence-electron chi connectivity index (χ3n) is 5.84. The van der Waals surface area contributed by atoms with Crippen LogP contribution in [-0.4, -0.2) is 24.3 Å². The van der Waals surface area contributed by atoms with Crippen LogP contribution in [0.4, 0.5) is 5.69 Å². The van der Waals surface area contributed by atoms with Crippen molar-refractivity contribution in [2.45, 2.75) is 52.0 Å². The standard InChI is InChI=1S/C29H32N2O/c1-20(2)25-16-11-17-26(21(3)4)28(25)31-27(23-14-9-6-10-15-23)29-30-24(19-32-29)18-22-12-7-5-8-13-22/h5-17,20-21,24H,18-19H2,1-4H3/t24-/m0/s1. The fourth-order valence-corrected chi connectivity index (χ4v) is 4.12. The molecule has 0 N–H and O–H groups in total. The van der Waals surface area contributed by atoms with E-state index < -0.39 is 0 Å². The minimum Gasteiger partial charge on any atom is -0.474 e. The van der Waals surface area contributed by atoms with E-state index in [2.05, 4.69) is 82.3 Å². The first kappa shape index (κ1) is 22.0. The highest BCUT2D eigenvalue weighted by Crippen LogP contribution is 2.35. The molecule has 0 unspecified atom stereocenters. The van der Waals surface area contributed by atoms with Crippen LogP contribution in [-0.2, 0) is 11.2 Å². The maximum atomic E-state index is 6.15. The van der Waals surface area contributed by atoms with Crippen LogP contribution in [0.5, 0.6) is 0 Å². The van der Waals surface area contributed by atoms with E-state index in [1.54, 1.807) is 0 Å². The zero-order valence-corrected chi connectivity index (χ0v) is 19.5. The van der Waals surface area contributed by atoms with Gasteiger partial charge in [0.25, 0.3) is 0 Å². The normalized spacial score (nSPS) is 16.4. The van der Waals surface area contributed by atoms with E-state index in [4.69, 9.17) is 14.7 Å². The van der Waals surface area contributed by atoms with Gasteiger partial charge < -0.3 is 4.74 Å². The molecule has 0 fully saturated rings. The van der Waals surface area contributed by atoms with Crippen molar-refractivity contribution in [3.8, 4) is 0 Å². The van der Waals surface area contributed by atoms with Crippen molar-refractivity contribution in [1.82, 2.24) is 0 Å². The molecule has 1 aliphatic rings. The molecule has 164 valence electrons. The average Bonchev–Trinajstić information content (AvgIpc) is 3.26. The molecule has 3 nitrogen and oxygen atoms in total. The van der Waals surface area contributed by atoms with Crippen molar-refractivity contribution >= 4 is 17.3 Å². The number of nitrogens with zero attached hydrogens (tertiary/aromatic N) is 2. The van der Waals surface area contributed by atoms with Crippen LogP contribution in [0.15, 0.2) is 88.8 Å². The van der Waals surface area contributed by atoms with Gasteiger partial charge in [0.2, 0.25) is 5.90 Å². The lowest BCUT2D eigenvalue weighted by Gasteiger charge is -2.18. The van der Waals surface area contributed by atoms with Crippen LogP contribution in [0.2, 0.25) is 0 Å². The number of benzene rings is 3. The second-order valence-corrected chi connectivity index (χ2v) is 9.01. The largest absolute Gasteiger partial charge is 0.474 e. The Hall–Kier alpha value is -3.20. The predicted molar refractivity (Wildman–Crippen MR) is 135 cm³/mol. The maximum absolute atomic E-state index is 6.15. The molecular weight excluding hydrogens is 392 g/mol. The third-order valence-corrected chi connectivity index (χ3v) is 5.84. The fourth-order valence-electron chi connectivity index (χ4n) is 4.12. The molecule has 1 aliphatic heterocycles. The van der Waals surface area contributed by atoms with E-state index in [1.807, 2.05) is 24.3 Å². The Kier molecular flexibility index (Phi) is 6.84. The fraction of sp³-hybridized carbons (Fsp3) is 0.310. The zero-order chi connectivity index (χ0) is 22.5. The van der Waals surface area contributed by atoms with Crippen LogP contribution in [0.3, 0.4) is 0 Å². The van der Waals surface area contributed by atoms with Gasteiger partial charge in [-0.3, -0.25) is 0 Å². The minimum atomic E-state index is 0.103. The molecule has 32 heavy (non-hydrogen) atoms. The average molecular weight is 425 g/mol. The molecule has 1 heterocycles. The molecule has 0 amide bonds. The Bertz CT molecular complexity index is 1070. The molecule has 0 saturated heterocycles. The van der Waals surface area contributed by atoms with Crippen molar-refractivity contribution < 1.29 is 4.74 Å². The first-order chi connectivity index (χ1) is 15.5. The van der Waals surface area contributed by atoms with Crippen LogP contribution in [0, 0.1) is 0 Å². The smallest absolute Gasteiger partial charge is 0.236 e. The number of aliphatic imine (C=N–C) groups is 2. The molecule has 3 aromatic carbocycles. The van der Waals surface area contributed by atoms with Crippen molar-refractivity contribution in [3.05, 3.63) is 101 Å². The summed E-state index contributed by atoms with van der Waals surface area (Å²) < 4.78 is 6.15. The summed E-state index contributed by atoms with van der Waals surface area (Å²) >= 11 is 0. The summed E-state index contributed by atoms with van der Waals surface area (Å²) in [7, 11) is 0. The highest BCUT2D eigenvalue weighted by molar-refractivity contribution is 6.46. The number of hydrogen-bond acceptors (Lipinski definition) is 3. The first-order valence-corrected chi connectivity index (χ1v) is 11.5. The van der Waals surface area contributed by atoms with Gasteiger partial charge in [0, 0.05) is 5.56 Å². The van der Waals surface area contributed by atoms with Gasteiger partial charge in [-0.1, -0.05) is 107 Å². The topological polar surface area (TPSA) is 34.0 Å². The Morgan fingerprint density at radius 3 is 2.03 bits per heavy atom. The summed E-state index contributed by atoms with van der Waals surface area (Å²) in [5.74, 6) is 1.40. The second-order valence-electron chi connectivity index (χ2n) is 9.01. The van der Waals surface area contributed by atoms with E-state index in [1.165, 1.54) is 16.7 Å². The number of hydrogen-bond donors (Lipinski definition) is 0. The highest BCUT2D eigenvalue weighted by atomic mass is 16.5. The third kappa shape index (κ3) is 4.99. The van der Waals surface area contributed by atoms with Gasteiger partial charge in [-0.05, 0) is 34.9 Å². The summed E-state index contributed by atoms with van der Waals surface area (Å²) in [5, 5.41) is 0. The van der Waals surface area contributed by atoms with Gasteiger partial charge in [0.1, 0.15) is 12.3 Å². The molecule has 3 aromatic rings. The molecule has 0 aliphatic carbocycles. The summed E-state index contributed by atoms with van der Waals surface area (Å²) in [4.78, 5) is 10.2. The molecule has 0 saturated carbocycles. The van der Waals surface area contributed by atoms with Crippen LogP contribution >= 0.6 is 0 Å². The summed E-state index contributed by atoms with van der Waals surface area (Å²) in [6.45, 7) is 9.47. The maximum Gasteiger partial charge on any atom is 0.236 e. The summed E-state index contributed by atoms with van der Waals surface area (Å²) in [6.07, 6.45) is 0.867. The second kappa shape index (κ2) is 9.95. The Morgan fingerprint density at radius 1 is 0.844 bits per heavy atom. The van der Waals surface area contributed by atoms with E-state index in [0.717, 1.165) is 23.4 Å². The molecule has 0 aromatic heterocycles. The summed E-state index contributed by atoms with van der Waals surface area (Å²) in [6, 6.07) is 27.4. The SMILES string of the molecule is CC(C)c1cccc(C(C)C)c1N=C(C1=N[C@@H](Cc2ccccc2)CO1)c1ccccc1. The molecule has 4 rings (SSSR count). The zero-order valence-electron chi connectivity index (χ0n) is 19.5. The number of ether oxygens (including phenoxy) is 1. The van der Waals surface area contributed by atoms with E-state index in [-0.39, 0.29) is 6.04 Å². The first-order valence-electron chi connectivity index (χ1n) is 11.5. The van der Waals surface area contributed by atoms with E-state index >= 15 is 0 Å². The highest BCUT2D eigenvalue weighted by Gasteiger charge is 2.25. The molecule has 3 heteroatoms. The molecular formula is C29H32N2O. The van der Waals surface area contributed by atoms with Gasteiger partial charge in [-0.25, -0.2) is 9.98 Å². The predicted octanol–water partition coefficient (Wildman–Crippen LogP) is 7.09. The monoisotopic (exact) mass is 424 g/mol. The van der Waals surface area contributed by atoms with Crippen molar-refractivity contribution in [2.75, 3.05) is 6.61 Å². The van der Waals surface area contributed by atoms with Crippen molar-refractivity contribution in [3.63, 3.8) is 0 Å². The Morgan fingerprint density at radius 2 is 1.44 bits per heavy atom. The van der Waals surface area contributed by atoms with Gasteiger partial charge in [0.05, 0.1) is 11.7 Å².